The Hall–Kier alpha value is -3.35. The number of ether oxygens (including phenoxy) is 2. The zero-order chi connectivity index (χ0) is 21.1. The Morgan fingerprint density at radius 3 is 2.31 bits per heavy atom. The number of para-hydroxylation sites is 1. The molecule has 1 aliphatic rings. The molecule has 0 spiro atoms. The van der Waals surface area contributed by atoms with Gasteiger partial charge in [0.25, 0.3) is 0 Å². The number of fused-ring (bicyclic) bond motifs is 1. The summed E-state index contributed by atoms with van der Waals surface area (Å²) in [6.07, 6.45) is 3.11. The van der Waals surface area contributed by atoms with E-state index in [4.69, 9.17) is 9.47 Å². The highest BCUT2D eigenvalue weighted by Crippen LogP contribution is 2.32. The van der Waals surface area contributed by atoms with E-state index in [1.54, 1.807) is 31.3 Å². The zero-order valence-electron chi connectivity index (χ0n) is 17.0. The Morgan fingerprint density at radius 2 is 1.69 bits per heavy atom. The van der Waals surface area contributed by atoms with E-state index in [0.29, 0.717) is 5.69 Å². The Kier molecular flexibility index (Phi) is 5.87. The van der Waals surface area contributed by atoms with Crippen molar-refractivity contribution in [2.75, 3.05) is 20.8 Å². The molecule has 2 aromatic rings. The molecule has 2 heterocycles. The maximum absolute atomic E-state index is 13.2. The van der Waals surface area contributed by atoms with Crippen LogP contribution in [0.4, 0.5) is 0 Å². The third-order valence-corrected chi connectivity index (χ3v) is 5.00. The predicted molar refractivity (Wildman–Crippen MR) is 108 cm³/mol. The minimum absolute atomic E-state index is 0.0520. The molecule has 1 atom stereocenters. The van der Waals surface area contributed by atoms with Crippen molar-refractivity contribution in [1.82, 2.24) is 9.47 Å². The molecule has 0 amide bonds. The lowest BCUT2D eigenvalue weighted by atomic mass is 9.84. The van der Waals surface area contributed by atoms with Crippen molar-refractivity contribution in [1.29, 1.82) is 0 Å². The average molecular weight is 396 g/mol. The van der Waals surface area contributed by atoms with E-state index in [0.717, 1.165) is 10.9 Å². The maximum Gasteiger partial charge on any atom is 0.336 e. The number of hydrogen-bond donors (Lipinski definition) is 0. The predicted octanol–water partition coefficient (Wildman–Crippen LogP) is 2.82. The Morgan fingerprint density at radius 1 is 1.03 bits per heavy atom. The number of nitrogens with zero attached hydrogens (tertiary/aromatic N) is 2. The normalized spacial score (nSPS) is 16.3. The second-order valence-electron chi connectivity index (χ2n) is 6.87. The molecule has 1 aliphatic heterocycles. The Balaban J connectivity index is 1.98. The van der Waals surface area contributed by atoms with E-state index in [2.05, 4.69) is 0 Å². The van der Waals surface area contributed by atoms with Gasteiger partial charge in [0.05, 0.1) is 30.6 Å². The lowest BCUT2D eigenvalue weighted by Gasteiger charge is -2.27. The van der Waals surface area contributed by atoms with E-state index in [1.807, 2.05) is 41.9 Å². The van der Waals surface area contributed by atoms with Gasteiger partial charge in [-0.1, -0.05) is 18.2 Å². The fourth-order valence-electron chi connectivity index (χ4n) is 3.61. The van der Waals surface area contributed by atoms with Crippen molar-refractivity contribution in [3.8, 4) is 0 Å². The first-order valence-corrected chi connectivity index (χ1v) is 9.35. The number of carbonyl (C=O) groups is 3. The van der Waals surface area contributed by atoms with Crippen LogP contribution in [0.2, 0.25) is 0 Å². The van der Waals surface area contributed by atoms with Gasteiger partial charge in [-0.3, -0.25) is 4.79 Å². The number of esters is 2. The van der Waals surface area contributed by atoms with E-state index in [-0.39, 0.29) is 30.0 Å². The monoisotopic (exact) mass is 396 g/mol. The highest BCUT2D eigenvalue weighted by molar-refractivity contribution is 6.03. The van der Waals surface area contributed by atoms with Crippen LogP contribution in [0.25, 0.3) is 10.9 Å². The summed E-state index contributed by atoms with van der Waals surface area (Å²) in [6.45, 7) is 1.90. The topological polar surface area (TPSA) is 77.8 Å². The number of aryl methyl sites for hydroxylation is 1. The summed E-state index contributed by atoms with van der Waals surface area (Å²) in [5.41, 5.74) is 1.94. The van der Waals surface area contributed by atoms with Crippen LogP contribution in [0.1, 0.15) is 23.8 Å². The summed E-state index contributed by atoms with van der Waals surface area (Å²) >= 11 is 0. The summed E-state index contributed by atoms with van der Waals surface area (Å²) in [4.78, 5) is 39.7. The molecular weight excluding hydrogens is 372 g/mol. The van der Waals surface area contributed by atoms with Gasteiger partial charge in [0.15, 0.2) is 5.78 Å². The van der Waals surface area contributed by atoms with Crippen LogP contribution in [0, 0.1) is 5.92 Å². The number of aromatic nitrogens is 1. The van der Waals surface area contributed by atoms with Gasteiger partial charge in [-0.05, 0) is 19.1 Å². The number of rotatable bonds is 6. The summed E-state index contributed by atoms with van der Waals surface area (Å²) in [6, 6.07) is 9.51. The van der Waals surface area contributed by atoms with Gasteiger partial charge in [0, 0.05) is 49.7 Å². The van der Waals surface area contributed by atoms with Crippen LogP contribution in [-0.4, -0.2) is 48.0 Å². The fourth-order valence-corrected chi connectivity index (χ4v) is 3.61. The molecule has 0 N–H and O–H groups in total. The molecule has 0 radical (unpaired) electrons. The summed E-state index contributed by atoms with van der Waals surface area (Å²) < 4.78 is 11.9. The summed E-state index contributed by atoms with van der Waals surface area (Å²) in [7, 11) is 4.79. The van der Waals surface area contributed by atoms with Crippen LogP contribution in [0.5, 0.6) is 0 Å². The van der Waals surface area contributed by atoms with Crippen molar-refractivity contribution in [2.45, 2.75) is 13.3 Å². The largest absolute Gasteiger partial charge is 0.466 e. The van der Waals surface area contributed by atoms with Gasteiger partial charge in [0.2, 0.25) is 0 Å². The third-order valence-electron chi connectivity index (χ3n) is 5.00. The molecule has 152 valence electrons. The van der Waals surface area contributed by atoms with Crippen molar-refractivity contribution in [3.63, 3.8) is 0 Å². The van der Waals surface area contributed by atoms with E-state index in [1.165, 1.54) is 7.11 Å². The SMILES string of the molecule is CCOC(=O)C1=CN(C)C=C(C(=O)OC)C1CC(=O)c1cc2ccccc2n1C. The lowest BCUT2D eigenvalue weighted by molar-refractivity contribution is -0.139. The highest BCUT2D eigenvalue weighted by atomic mass is 16.5. The Bertz CT molecular complexity index is 1030. The molecule has 7 nitrogen and oxygen atoms in total. The first-order chi connectivity index (χ1) is 13.9. The van der Waals surface area contributed by atoms with Gasteiger partial charge in [-0.15, -0.1) is 0 Å². The molecule has 1 aromatic carbocycles. The van der Waals surface area contributed by atoms with Gasteiger partial charge in [-0.2, -0.15) is 0 Å². The average Bonchev–Trinajstić information content (AvgIpc) is 3.05. The highest BCUT2D eigenvalue weighted by Gasteiger charge is 2.35. The van der Waals surface area contributed by atoms with Crippen LogP contribution < -0.4 is 0 Å². The number of hydrogen-bond acceptors (Lipinski definition) is 6. The Labute approximate surface area is 169 Å². The smallest absolute Gasteiger partial charge is 0.336 e. The summed E-state index contributed by atoms with van der Waals surface area (Å²) in [5.74, 6) is -2.06. The van der Waals surface area contributed by atoms with Crippen molar-refractivity contribution in [2.24, 2.45) is 13.0 Å². The van der Waals surface area contributed by atoms with E-state index in [9.17, 15) is 14.4 Å². The van der Waals surface area contributed by atoms with Crippen LogP contribution in [0.15, 0.2) is 53.9 Å². The standard InChI is InChI=1S/C22H24N2O5/c1-5-29-22(27)17-13-23(2)12-16(21(26)28-4)15(17)11-20(25)19-10-14-8-6-7-9-18(14)24(19)3/h6-10,12-13,15H,5,11H2,1-4H3. The lowest BCUT2D eigenvalue weighted by Crippen LogP contribution is -2.30. The molecule has 0 bridgehead atoms. The molecular formula is C22H24N2O5. The molecule has 0 saturated carbocycles. The second-order valence-corrected chi connectivity index (χ2v) is 6.87. The van der Waals surface area contributed by atoms with Gasteiger partial charge in [0.1, 0.15) is 0 Å². The minimum atomic E-state index is -0.747. The number of benzene rings is 1. The number of carbonyl (C=O) groups excluding carboxylic acids is 3. The minimum Gasteiger partial charge on any atom is -0.466 e. The van der Waals surface area contributed by atoms with Crippen LogP contribution >= 0.6 is 0 Å². The van der Waals surface area contributed by atoms with Crippen LogP contribution in [-0.2, 0) is 26.1 Å². The second kappa shape index (κ2) is 8.34. The van der Waals surface area contributed by atoms with Crippen LogP contribution in [0.3, 0.4) is 0 Å². The maximum atomic E-state index is 13.2. The van der Waals surface area contributed by atoms with Crippen molar-refractivity contribution in [3.05, 3.63) is 59.6 Å². The molecule has 3 rings (SSSR count). The van der Waals surface area contributed by atoms with E-state index >= 15 is 0 Å². The first-order valence-electron chi connectivity index (χ1n) is 9.35. The van der Waals surface area contributed by atoms with Gasteiger partial charge in [-0.25, -0.2) is 9.59 Å². The quantitative estimate of drug-likeness (QED) is 0.552. The molecule has 1 unspecified atom stereocenters. The number of methoxy groups -OCH3 is 1. The molecule has 1 aromatic heterocycles. The molecule has 29 heavy (non-hydrogen) atoms. The molecule has 0 fully saturated rings. The molecule has 0 saturated heterocycles. The fraction of sp³-hybridized carbons (Fsp3) is 0.318. The van der Waals surface area contributed by atoms with E-state index < -0.39 is 17.9 Å². The zero-order valence-corrected chi connectivity index (χ0v) is 17.0. The number of Topliss-reactive ketones (excluding diaryl/α,β-unsaturated/α-hetero) is 1. The van der Waals surface area contributed by atoms with Crippen molar-refractivity contribution >= 4 is 28.6 Å². The third kappa shape index (κ3) is 3.94. The van der Waals surface area contributed by atoms with Crippen molar-refractivity contribution < 1.29 is 23.9 Å². The van der Waals surface area contributed by atoms with Gasteiger partial charge >= 0.3 is 11.9 Å². The first kappa shape index (κ1) is 20.4. The molecule has 0 aliphatic carbocycles. The number of ketones is 1. The van der Waals surface area contributed by atoms with Gasteiger partial charge < -0.3 is 18.9 Å². The molecule has 7 heteroatoms. The summed E-state index contributed by atoms with van der Waals surface area (Å²) in [5, 5.41) is 0.951.